The van der Waals surface area contributed by atoms with E-state index in [1.807, 2.05) is 0 Å². The van der Waals surface area contributed by atoms with E-state index < -0.39 is 0 Å². The molecule has 1 saturated carbocycles. The molecule has 1 aromatic rings. The van der Waals surface area contributed by atoms with Crippen molar-refractivity contribution >= 4 is 11.4 Å². The minimum atomic E-state index is 0.910. The van der Waals surface area contributed by atoms with Crippen molar-refractivity contribution in [3.8, 4) is 0 Å². The van der Waals surface area contributed by atoms with Gasteiger partial charge in [-0.3, -0.25) is 0 Å². The van der Waals surface area contributed by atoms with E-state index in [1.54, 1.807) is 0 Å². The Balaban J connectivity index is 1.98. The van der Waals surface area contributed by atoms with E-state index in [0.717, 1.165) is 12.5 Å². The minimum Gasteiger partial charge on any atom is -0.385 e. The second kappa shape index (κ2) is 4.77. The molecule has 88 valence electrons. The Morgan fingerprint density at radius 1 is 1.31 bits per heavy atom. The summed E-state index contributed by atoms with van der Waals surface area (Å²) in [6.45, 7) is 3.32. The third kappa shape index (κ3) is 2.49. The Hall–Kier alpha value is -1.18. The molecule has 0 aromatic heterocycles. The molecule has 0 amide bonds. The second-order valence-corrected chi connectivity index (χ2v) is 5.07. The molecule has 0 unspecified atom stereocenters. The molecule has 0 spiro atoms. The molecule has 1 fully saturated rings. The fraction of sp³-hybridized carbons (Fsp3) is 0.571. The third-order valence-electron chi connectivity index (χ3n) is 3.53. The largest absolute Gasteiger partial charge is 0.385 e. The van der Waals surface area contributed by atoms with Gasteiger partial charge in [0.1, 0.15) is 0 Å². The summed E-state index contributed by atoms with van der Waals surface area (Å²) in [6.07, 6.45) is 4.23. The fourth-order valence-electron chi connectivity index (χ4n) is 2.08. The van der Waals surface area contributed by atoms with E-state index in [2.05, 4.69) is 49.4 Å². The van der Waals surface area contributed by atoms with Crippen LogP contribution >= 0.6 is 0 Å². The standard InChI is InChI=1S/C14H22N2/c1-11-9-13(16(2)3)7-8-14(11)15-10-12-5-4-6-12/h7-9,12,15H,4-6,10H2,1-3H3. The molecule has 1 aliphatic rings. The van der Waals surface area contributed by atoms with Crippen LogP contribution in [0.2, 0.25) is 0 Å². The van der Waals surface area contributed by atoms with Gasteiger partial charge < -0.3 is 10.2 Å². The molecule has 1 N–H and O–H groups in total. The first-order valence-electron chi connectivity index (χ1n) is 6.18. The van der Waals surface area contributed by atoms with Gasteiger partial charge in [0.15, 0.2) is 0 Å². The van der Waals surface area contributed by atoms with Gasteiger partial charge in [0, 0.05) is 32.0 Å². The molecule has 1 aromatic carbocycles. The van der Waals surface area contributed by atoms with Gasteiger partial charge in [-0.1, -0.05) is 6.42 Å². The van der Waals surface area contributed by atoms with Crippen molar-refractivity contribution in [3.63, 3.8) is 0 Å². The molecule has 0 radical (unpaired) electrons. The number of benzene rings is 1. The molecule has 0 aliphatic heterocycles. The molecule has 1 aliphatic carbocycles. The van der Waals surface area contributed by atoms with Crippen molar-refractivity contribution in [2.75, 3.05) is 30.9 Å². The highest BCUT2D eigenvalue weighted by atomic mass is 15.1. The quantitative estimate of drug-likeness (QED) is 0.834. The average Bonchev–Trinajstić information content (AvgIpc) is 2.17. The average molecular weight is 218 g/mol. The van der Waals surface area contributed by atoms with Crippen LogP contribution in [0.3, 0.4) is 0 Å². The van der Waals surface area contributed by atoms with Crippen LogP contribution in [0.15, 0.2) is 18.2 Å². The Labute approximate surface area is 98.7 Å². The Kier molecular flexibility index (Phi) is 3.37. The Morgan fingerprint density at radius 2 is 2.06 bits per heavy atom. The summed E-state index contributed by atoms with van der Waals surface area (Å²) in [5, 5.41) is 3.56. The zero-order valence-corrected chi connectivity index (χ0v) is 10.6. The van der Waals surface area contributed by atoms with Crippen molar-refractivity contribution in [1.29, 1.82) is 0 Å². The van der Waals surface area contributed by atoms with E-state index in [-0.39, 0.29) is 0 Å². The summed E-state index contributed by atoms with van der Waals surface area (Å²) in [4.78, 5) is 2.14. The summed E-state index contributed by atoms with van der Waals surface area (Å²) in [6, 6.07) is 6.61. The molecule has 16 heavy (non-hydrogen) atoms. The highest BCUT2D eigenvalue weighted by Crippen LogP contribution is 2.27. The first-order valence-corrected chi connectivity index (χ1v) is 6.18. The highest BCUT2D eigenvalue weighted by Gasteiger charge is 2.16. The number of hydrogen-bond acceptors (Lipinski definition) is 2. The highest BCUT2D eigenvalue weighted by molar-refractivity contribution is 5.59. The van der Waals surface area contributed by atoms with E-state index in [0.29, 0.717) is 0 Å². The summed E-state index contributed by atoms with van der Waals surface area (Å²) in [5.41, 5.74) is 3.90. The van der Waals surface area contributed by atoms with Crippen LogP contribution in [-0.4, -0.2) is 20.6 Å². The summed E-state index contributed by atoms with van der Waals surface area (Å²) < 4.78 is 0. The zero-order valence-electron chi connectivity index (χ0n) is 10.6. The van der Waals surface area contributed by atoms with Crippen LogP contribution in [-0.2, 0) is 0 Å². The molecule has 2 heteroatoms. The van der Waals surface area contributed by atoms with Crippen LogP contribution in [0.5, 0.6) is 0 Å². The molecule has 2 nitrogen and oxygen atoms in total. The van der Waals surface area contributed by atoms with Crippen LogP contribution < -0.4 is 10.2 Å². The molecular formula is C14H22N2. The van der Waals surface area contributed by atoms with Crippen LogP contribution in [0.25, 0.3) is 0 Å². The first-order chi connectivity index (χ1) is 7.66. The monoisotopic (exact) mass is 218 g/mol. The predicted octanol–water partition coefficient (Wildman–Crippen LogP) is 3.27. The van der Waals surface area contributed by atoms with Gasteiger partial charge in [0.25, 0.3) is 0 Å². The molecule has 0 saturated heterocycles. The summed E-state index contributed by atoms with van der Waals surface area (Å²) >= 11 is 0. The topological polar surface area (TPSA) is 15.3 Å². The minimum absolute atomic E-state index is 0.910. The number of rotatable bonds is 4. The van der Waals surface area contributed by atoms with E-state index in [9.17, 15) is 0 Å². The number of aryl methyl sites for hydroxylation is 1. The van der Waals surface area contributed by atoms with Crippen molar-refractivity contribution in [1.82, 2.24) is 0 Å². The zero-order chi connectivity index (χ0) is 11.5. The normalized spacial score (nSPS) is 15.7. The summed E-state index contributed by atoms with van der Waals surface area (Å²) in [7, 11) is 4.16. The van der Waals surface area contributed by atoms with Crippen LogP contribution in [0, 0.1) is 12.8 Å². The van der Waals surface area contributed by atoms with Crippen molar-refractivity contribution in [3.05, 3.63) is 23.8 Å². The molecular weight excluding hydrogens is 196 g/mol. The molecule has 0 heterocycles. The molecule has 0 atom stereocenters. The van der Waals surface area contributed by atoms with Gasteiger partial charge in [0.2, 0.25) is 0 Å². The molecule has 2 rings (SSSR count). The SMILES string of the molecule is Cc1cc(N(C)C)ccc1NCC1CCC1. The van der Waals surface area contributed by atoms with Crippen LogP contribution in [0.1, 0.15) is 24.8 Å². The number of anilines is 2. The first kappa shape index (κ1) is 11.3. The summed E-state index contributed by atoms with van der Waals surface area (Å²) in [5.74, 6) is 0.910. The lowest BCUT2D eigenvalue weighted by atomic mass is 9.85. The maximum Gasteiger partial charge on any atom is 0.0371 e. The number of hydrogen-bond donors (Lipinski definition) is 1. The lowest BCUT2D eigenvalue weighted by molar-refractivity contribution is 0.333. The van der Waals surface area contributed by atoms with Gasteiger partial charge in [0.05, 0.1) is 0 Å². The smallest absolute Gasteiger partial charge is 0.0371 e. The van der Waals surface area contributed by atoms with Gasteiger partial charge in [-0.05, 0) is 49.4 Å². The van der Waals surface area contributed by atoms with E-state index >= 15 is 0 Å². The Bertz CT molecular complexity index is 354. The fourth-order valence-corrected chi connectivity index (χ4v) is 2.08. The number of nitrogens with zero attached hydrogens (tertiary/aromatic N) is 1. The lowest BCUT2D eigenvalue weighted by Gasteiger charge is -2.26. The molecule has 0 bridgehead atoms. The maximum absolute atomic E-state index is 3.56. The van der Waals surface area contributed by atoms with Gasteiger partial charge in [-0.2, -0.15) is 0 Å². The number of nitrogens with one attached hydrogen (secondary N) is 1. The Morgan fingerprint density at radius 3 is 2.56 bits per heavy atom. The van der Waals surface area contributed by atoms with Crippen molar-refractivity contribution < 1.29 is 0 Å². The van der Waals surface area contributed by atoms with Gasteiger partial charge in [-0.15, -0.1) is 0 Å². The van der Waals surface area contributed by atoms with Crippen molar-refractivity contribution in [2.45, 2.75) is 26.2 Å². The third-order valence-corrected chi connectivity index (χ3v) is 3.53. The van der Waals surface area contributed by atoms with Crippen LogP contribution in [0.4, 0.5) is 11.4 Å². The van der Waals surface area contributed by atoms with Crippen molar-refractivity contribution in [2.24, 2.45) is 5.92 Å². The van der Waals surface area contributed by atoms with Gasteiger partial charge >= 0.3 is 0 Å². The lowest BCUT2D eigenvalue weighted by Crippen LogP contribution is -2.21. The van der Waals surface area contributed by atoms with E-state index in [4.69, 9.17) is 0 Å². The predicted molar refractivity (Wildman–Crippen MR) is 71.3 cm³/mol. The second-order valence-electron chi connectivity index (χ2n) is 5.07. The van der Waals surface area contributed by atoms with Gasteiger partial charge in [-0.25, -0.2) is 0 Å². The van der Waals surface area contributed by atoms with E-state index in [1.165, 1.54) is 36.2 Å². The maximum atomic E-state index is 3.56.